The number of benzene rings is 2. The number of rotatable bonds is 4. The molecule has 1 saturated carbocycles. The minimum Gasteiger partial charge on any atom is -0.317 e. The van der Waals surface area contributed by atoms with Crippen molar-refractivity contribution in [1.29, 1.82) is 0 Å². The number of amides is 3. The lowest BCUT2D eigenvalue weighted by molar-refractivity contribution is -0.131. The van der Waals surface area contributed by atoms with Crippen molar-refractivity contribution in [2.45, 2.75) is 38.8 Å². The molecule has 6 heteroatoms. The minimum atomic E-state index is -0.965. The molecule has 3 unspecified atom stereocenters. The van der Waals surface area contributed by atoms with Crippen LogP contribution in [0.2, 0.25) is 0 Å². The van der Waals surface area contributed by atoms with E-state index in [-0.39, 0.29) is 23.9 Å². The molecule has 152 valence electrons. The van der Waals surface area contributed by atoms with Crippen LogP contribution in [0.5, 0.6) is 0 Å². The largest absolute Gasteiger partial charge is 0.327 e. The predicted octanol–water partition coefficient (Wildman–Crippen LogP) is 5.08. The molecule has 0 spiro atoms. The van der Waals surface area contributed by atoms with Crippen LogP contribution in [0.15, 0.2) is 48.5 Å². The second-order valence-electron chi connectivity index (χ2n) is 8.03. The molecule has 3 amide bonds. The van der Waals surface area contributed by atoms with E-state index in [9.17, 15) is 18.4 Å². The first-order valence-electron chi connectivity index (χ1n) is 9.98. The van der Waals surface area contributed by atoms with E-state index in [4.69, 9.17) is 0 Å². The highest BCUT2D eigenvalue weighted by atomic mass is 19.2. The molecular formula is C23H24F2N2O2. The zero-order valence-corrected chi connectivity index (χ0v) is 16.5. The maximum Gasteiger partial charge on any atom is 0.327 e. The lowest BCUT2D eigenvalue weighted by atomic mass is 9.84. The number of nitrogens with zero attached hydrogens (tertiary/aromatic N) is 2. The maximum atomic E-state index is 14.0. The minimum absolute atomic E-state index is 0.0207. The molecule has 4 rings (SSSR count). The van der Waals surface area contributed by atoms with Crippen molar-refractivity contribution in [2.75, 3.05) is 6.54 Å². The third-order valence-electron chi connectivity index (χ3n) is 6.14. The van der Waals surface area contributed by atoms with Gasteiger partial charge in [-0.1, -0.05) is 36.4 Å². The van der Waals surface area contributed by atoms with Gasteiger partial charge in [0.1, 0.15) is 0 Å². The van der Waals surface area contributed by atoms with Crippen LogP contribution < -0.4 is 0 Å². The molecule has 2 aromatic rings. The molecule has 0 aromatic heterocycles. The van der Waals surface area contributed by atoms with Crippen molar-refractivity contribution in [3.05, 3.63) is 71.3 Å². The highest BCUT2D eigenvalue weighted by molar-refractivity contribution is 5.94. The molecule has 1 saturated heterocycles. The zero-order chi connectivity index (χ0) is 20.7. The summed E-state index contributed by atoms with van der Waals surface area (Å²) in [5.41, 5.74) is 1.46. The maximum absolute atomic E-state index is 14.0. The molecule has 2 fully saturated rings. The quantitative estimate of drug-likeness (QED) is 0.721. The van der Waals surface area contributed by atoms with Crippen LogP contribution in [-0.2, 0) is 4.79 Å². The predicted molar refractivity (Wildman–Crippen MR) is 105 cm³/mol. The summed E-state index contributed by atoms with van der Waals surface area (Å²) in [5, 5.41) is 0. The highest BCUT2D eigenvalue weighted by Gasteiger charge is 2.49. The molecular weight excluding hydrogens is 374 g/mol. The van der Waals surface area contributed by atoms with Crippen LogP contribution in [0.3, 0.4) is 0 Å². The smallest absolute Gasteiger partial charge is 0.317 e. The molecule has 0 bridgehead atoms. The van der Waals surface area contributed by atoms with Gasteiger partial charge in [0, 0.05) is 19.4 Å². The van der Waals surface area contributed by atoms with E-state index in [1.54, 1.807) is 4.90 Å². The fourth-order valence-electron chi connectivity index (χ4n) is 4.44. The monoisotopic (exact) mass is 398 g/mol. The van der Waals surface area contributed by atoms with Crippen molar-refractivity contribution >= 4 is 11.9 Å². The van der Waals surface area contributed by atoms with Crippen LogP contribution in [0.4, 0.5) is 13.6 Å². The molecule has 0 N–H and O–H groups in total. The van der Waals surface area contributed by atoms with Gasteiger partial charge >= 0.3 is 6.03 Å². The van der Waals surface area contributed by atoms with Gasteiger partial charge in [-0.2, -0.15) is 0 Å². The number of hydrogen-bond acceptors (Lipinski definition) is 2. The van der Waals surface area contributed by atoms with Gasteiger partial charge in [0.25, 0.3) is 0 Å². The molecule has 1 aliphatic carbocycles. The summed E-state index contributed by atoms with van der Waals surface area (Å²) in [4.78, 5) is 28.9. The van der Waals surface area contributed by atoms with Gasteiger partial charge in [0.2, 0.25) is 5.91 Å². The number of halogens is 2. The Labute approximate surface area is 169 Å². The lowest BCUT2D eigenvalue weighted by Gasteiger charge is -2.47. The van der Waals surface area contributed by atoms with E-state index in [1.807, 2.05) is 37.3 Å². The molecule has 29 heavy (non-hydrogen) atoms. The molecule has 2 aliphatic rings. The van der Waals surface area contributed by atoms with Crippen LogP contribution in [0, 0.1) is 23.5 Å². The summed E-state index contributed by atoms with van der Waals surface area (Å²) in [5.74, 6) is -1.96. The zero-order valence-electron chi connectivity index (χ0n) is 16.5. The Bertz CT molecular complexity index is 930. The Morgan fingerprint density at radius 3 is 2.34 bits per heavy atom. The number of imide groups is 1. The van der Waals surface area contributed by atoms with Gasteiger partial charge in [-0.15, -0.1) is 0 Å². The van der Waals surface area contributed by atoms with Crippen molar-refractivity contribution in [3.63, 3.8) is 0 Å². The summed E-state index contributed by atoms with van der Waals surface area (Å²) in [6.07, 6.45) is 2.02. The SMILES string of the molecule is CC(=O)N1C(=O)N(C(C)c2ccccc2)CC(C2CC2)C1c1ccc(F)c(F)c1. The Morgan fingerprint density at radius 1 is 1.07 bits per heavy atom. The van der Waals surface area contributed by atoms with Gasteiger partial charge in [0.15, 0.2) is 11.6 Å². The fourth-order valence-corrected chi connectivity index (χ4v) is 4.44. The average molecular weight is 398 g/mol. The molecule has 1 heterocycles. The van der Waals surface area contributed by atoms with Crippen LogP contribution in [0.25, 0.3) is 0 Å². The molecule has 2 aromatic carbocycles. The number of carbonyl (C=O) groups excluding carboxylic acids is 2. The fraction of sp³-hybridized carbons (Fsp3) is 0.391. The summed E-state index contributed by atoms with van der Waals surface area (Å²) in [7, 11) is 0. The second-order valence-corrected chi connectivity index (χ2v) is 8.03. The van der Waals surface area contributed by atoms with Crippen molar-refractivity contribution in [3.8, 4) is 0 Å². The van der Waals surface area contributed by atoms with E-state index < -0.39 is 17.7 Å². The van der Waals surface area contributed by atoms with E-state index in [0.29, 0.717) is 18.0 Å². The third kappa shape index (κ3) is 3.63. The van der Waals surface area contributed by atoms with Crippen LogP contribution in [0.1, 0.15) is 49.9 Å². The standard InChI is InChI=1S/C23H24F2N2O2/c1-14(16-6-4-3-5-7-16)26-13-19(17-8-9-17)22(27(15(2)28)23(26)29)18-10-11-20(24)21(25)12-18/h3-7,10-12,14,17,19,22H,8-9,13H2,1-2H3. The van der Waals surface area contributed by atoms with Gasteiger partial charge in [-0.25, -0.2) is 13.6 Å². The molecule has 0 radical (unpaired) electrons. The van der Waals surface area contributed by atoms with E-state index in [2.05, 4.69) is 0 Å². The van der Waals surface area contributed by atoms with Crippen molar-refractivity contribution in [1.82, 2.24) is 9.80 Å². The van der Waals surface area contributed by atoms with E-state index >= 15 is 0 Å². The summed E-state index contributed by atoms with van der Waals surface area (Å²) < 4.78 is 27.4. The second kappa shape index (κ2) is 7.58. The topological polar surface area (TPSA) is 40.6 Å². The number of hydrogen-bond donors (Lipinski definition) is 0. The molecule has 3 atom stereocenters. The van der Waals surface area contributed by atoms with Crippen molar-refractivity contribution in [2.24, 2.45) is 11.8 Å². The Kier molecular flexibility index (Phi) is 5.11. The molecule has 1 aliphatic heterocycles. The summed E-state index contributed by atoms with van der Waals surface area (Å²) >= 11 is 0. The van der Waals surface area contributed by atoms with Gasteiger partial charge in [-0.05, 0) is 48.9 Å². The van der Waals surface area contributed by atoms with Gasteiger partial charge < -0.3 is 4.90 Å². The molecule has 4 nitrogen and oxygen atoms in total. The Morgan fingerprint density at radius 2 is 1.76 bits per heavy atom. The van der Waals surface area contributed by atoms with Crippen LogP contribution >= 0.6 is 0 Å². The first-order chi connectivity index (χ1) is 13.9. The Balaban J connectivity index is 1.74. The van der Waals surface area contributed by atoms with E-state index in [0.717, 1.165) is 30.5 Å². The third-order valence-corrected chi connectivity index (χ3v) is 6.14. The van der Waals surface area contributed by atoms with Gasteiger partial charge in [0.05, 0.1) is 12.1 Å². The number of urea groups is 1. The van der Waals surface area contributed by atoms with Gasteiger partial charge in [-0.3, -0.25) is 9.69 Å². The van der Waals surface area contributed by atoms with Crippen molar-refractivity contribution < 1.29 is 18.4 Å². The van der Waals surface area contributed by atoms with Crippen LogP contribution in [-0.4, -0.2) is 28.3 Å². The Hall–Kier alpha value is -2.76. The lowest BCUT2D eigenvalue weighted by Crippen LogP contribution is -2.57. The highest BCUT2D eigenvalue weighted by Crippen LogP contribution is 2.49. The summed E-state index contributed by atoms with van der Waals surface area (Å²) in [6.45, 7) is 3.78. The first kappa shape index (κ1) is 19.6. The van der Waals surface area contributed by atoms with E-state index in [1.165, 1.54) is 17.9 Å². The average Bonchev–Trinajstić information content (AvgIpc) is 3.55. The normalized spacial score (nSPS) is 23.2. The summed E-state index contributed by atoms with van der Waals surface area (Å²) in [6, 6.07) is 12.2. The first-order valence-corrected chi connectivity index (χ1v) is 9.98. The number of carbonyl (C=O) groups is 2.